The van der Waals surface area contributed by atoms with Crippen molar-refractivity contribution in [3.8, 4) is 62.1 Å². The van der Waals surface area contributed by atoms with E-state index >= 15 is 0 Å². The zero-order chi connectivity index (χ0) is 43.9. The van der Waals surface area contributed by atoms with Crippen LogP contribution in [0.2, 0.25) is 0 Å². The summed E-state index contributed by atoms with van der Waals surface area (Å²) in [6.45, 7) is 0. The van der Waals surface area contributed by atoms with Crippen LogP contribution in [0.1, 0.15) is 17.8 Å². The summed E-state index contributed by atoms with van der Waals surface area (Å²) in [6, 6.07) is 23.6. The Morgan fingerprint density at radius 3 is 1.53 bits per heavy atom. The Balaban J connectivity index is 1.52. The highest BCUT2D eigenvalue weighted by molar-refractivity contribution is 6.10. The van der Waals surface area contributed by atoms with Gasteiger partial charge in [0.1, 0.15) is 0 Å². The van der Waals surface area contributed by atoms with Gasteiger partial charge in [0.25, 0.3) is 0 Å². The van der Waals surface area contributed by atoms with Gasteiger partial charge < -0.3 is 4.57 Å². The molecule has 49 heavy (non-hydrogen) atoms. The van der Waals surface area contributed by atoms with Crippen molar-refractivity contribution in [2.24, 2.45) is 0 Å². The zero-order valence-corrected chi connectivity index (χ0v) is 25.6. The fraction of sp³-hybridized carbons (Fsp3) is 0. The fourth-order valence-electron chi connectivity index (χ4n) is 6.10. The molecule has 7 aromatic carbocycles. The van der Waals surface area contributed by atoms with E-state index in [1.54, 1.807) is 48.5 Å². The van der Waals surface area contributed by atoms with Crippen molar-refractivity contribution in [3.63, 3.8) is 0 Å². The van der Waals surface area contributed by atoms with Gasteiger partial charge in [0, 0.05) is 33.0 Å². The number of benzene rings is 7. The molecule has 0 atom stereocenters. The van der Waals surface area contributed by atoms with Crippen LogP contribution in [0, 0.1) is 0 Å². The first-order valence-corrected chi connectivity index (χ1v) is 15.4. The largest absolute Gasteiger partial charge is 0.308 e. The van der Waals surface area contributed by atoms with Crippen molar-refractivity contribution in [1.82, 2.24) is 19.5 Å². The molecule has 0 aliphatic rings. The fourth-order valence-corrected chi connectivity index (χ4v) is 6.10. The summed E-state index contributed by atoms with van der Waals surface area (Å²) in [7, 11) is 0. The van der Waals surface area contributed by atoms with Crippen molar-refractivity contribution in [2.45, 2.75) is 0 Å². The van der Waals surface area contributed by atoms with Crippen LogP contribution in [0.5, 0.6) is 0 Å². The van der Waals surface area contributed by atoms with Gasteiger partial charge in [0.15, 0.2) is 17.5 Å². The van der Waals surface area contributed by atoms with Gasteiger partial charge in [-0.05, 0) is 34.8 Å². The number of hydrogen-bond donors (Lipinski definition) is 0. The third-order valence-electron chi connectivity index (χ3n) is 8.23. The molecule has 0 aliphatic heterocycles. The Kier molecular flexibility index (Phi) is 4.48. The van der Waals surface area contributed by atoms with Gasteiger partial charge in [-0.2, -0.15) is 0 Å². The summed E-state index contributed by atoms with van der Waals surface area (Å²) in [5, 5.41) is -0.258. The molecule has 0 saturated heterocycles. The molecule has 0 aliphatic carbocycles. The Hall–Kier alpha value is -6.65. The van der Waals surface area contributed by atoms with Crippen LogP contribution < -0.4 is 0 Å². The number of hydrogen-bond acceptors (Lipinski definition) is 3. The molecular formula is C45H30N4. The molecule has 0 bridgehead atoms. The van der Waals surface area contributed by atoms with Crippen molar-refractivity contribution in [1.29, 1.82) is 0 Å². The summed E-state index contributed by atoms with van der Waals surface area (Å²) < 4.78 is 116. The second kappa shape index (κ2) is 12.2. The van der Waals surface area contributed by atoms with E-state index < -0.39 is 78.6 Å². The van der Waals surface area contributed by atoms with E-state index in [1.165, 1.54) is 4.57 Å². The molecule has 4 heteroatoms. The lowest BCUT2D eigenvalue weighted by Gasteiger charge is -2.20. The molecule has 2 aromatic heterocycles. The van der Waals surface area contributed by atoms with Gasteiger partial charge in [-0.25, -0.2) is 15.0 Å². The van der Waals surface area contributed by atoms with Crippen LogP contribution in [0.15, 0.2) is 182 Å². The summed E-state index contributed by atoms with van der Waals surface area (Å²) in [5.41, 5.74) is 2.99. The maximum Gasteiger partial charge on any atom is 0.166 e. The minimum absolute atomic E-state index is 0.0736. The molecule has 2 heterocycles. The molecule has 0 unspecified atom stereocenters. The maximum atomic E-state index is 9.36. The van der Waals surface area contributed by atoms with Crippen LogP contribution in [0.3, 0.4) is 0 Å². The predicted octanol–water partition coefficient (Wildman–Crippen LogP) is 11.3. The number of para-hydroxylation sites is 3. The van der Waals surface area contributed by atoms with E-state index in [4.69, 9.17) is 25.0 Å². The molecule has 0 saturated carbocycles. The summed E-state index contributed by atoms with van der Waals surface area (Å²) >= 11 is 0. The van der Waals surface area contributed by atoms with Crippen molar-refractivity contribution in [2.75, 3.05) is 0 Å². The Morgan fingerprint density at radius 1 is 0.367 bits per heavy atom. The molecule has 230 valence electrons. The lowest BCUT2D eigenvalue weighted by Crippen LogP contribution is -2.05. The molecule has 0 N–H and O–H groups in total. The van der Waals surface area contributed by atoms with Gasteiger partial charge in [-0.3, -0.25) is 0 Å². The highest BCUT2D eigenvalue weighted by Crippen LogP contribution is 2.43. The standard InChI is InChI=1S/C45H30N4/c1-4-17-31(18-5-1)34-23-10-11-24-35(34)38-27-16-28-39(42(38)49-40-29-14-12-25-36(40)37-26-13-15-30-41(37)49)45-47-43(32-19-6-2-7-20-32)46-44(48-45)33-21-8-3-9-22-33/h1-30H/i2D,6D,7D,12D,13D,14D,15D,19D,20D,25D,26D,29D,30D. The lowest BCUT2D eigenvalue weighted by molar-refractivity contribution is 1.06. The Morgan fingerprint density at radius 2 is 0.857 bits per heavy atom. The smallest absolute Gasteiger partial charge is 0.166 e. The highest BCUT2D eigenvalue weighted by Gasteiger charge is 2.23. The number of rotatable bonds is 6. The van der Waals surface area contributed by atoms with E-state index in [2.05, 4.69) is 4.98 Å². The molecule has 0 fully saturated rings. The number of aromatic nitrogens is 4. The number of fused-ring (bicyclic) bond motifs is 3. The second-order valence-corrected chi connectivity index (χ2v) is 11.1. The van der Waals surface area contributed by atoms with Crippen LogP contribution >= 0.6 is 0 Å². The molecule has 9 aromatic rings. The van der Waals surface area contributed by atoms with Crippen molar-refractivity contribution < 1.29 is 17.8 Å². The van der Waals surface area contributed by atoms with E-state index in [9.17, 15) is 2.74 Å². The molecule has 4 nitrogen and oxygen atoms in total. The highest BCUT2D eigenvalue weighted by atomic mass is 15.1. The van der Waals surface area contributed by atoms with Gasteiger partial charge in [-0.15, -0.1) is 0 Å². The molecule has 0 radical (unpaired) electrons. The second-order valence-electron chi connectivity index (χ2n) is 11.1. The van der Waals surface area contributed by atoms with Gasteiger partial charge in [-0.1, -0.05) is 164 Å². The van der Waals surface area contributed by atoms with Gasteiger partial charge in [0.05, 0.1) is 34.5 Å². The third kappa shape index (κ3) is 5.07. The first kappa shape index (κ1) is 18.0. The summed E-state index contributed by atoms with van der Waals surface area (Å²) in [4.78, 5) is 14.4. The minimum Gasteiger partial charge on any atom is -0.308 e. The summed E-state index contributed by atoms with van der Waals surface area (Å²) in [6.07, 6.45) is 0. The SMILES string of the molecule is [2H]c1c([2H])c([2H])c(-c2nc(-c3ccccc3)nc(-c3cccc(-c4ccccc4-c4ccccc4)c3-n3c4c([2H])c([2H])c([2H])c([2H])c4c4c([2H])c([2H])c([2H])c([2H])c43)n2)c([2H])c1[2H]. The van der Waals surface area contributed by atoms with Crippen LogP contribution in [-0.2, 0) is 0 Å². The monoisotopic (exact) mass is 639 g/mol. The zero-order valence-electron chi connectivity index (χ0n) is 38.6. The Bertz CT molecular complexity index is 3230. The van der Waals surface area contributed by atoms with Crippen molar-refractivity contribution >= 4 is 21.8 Å². The minimum atomic E-state index is -0.603. The first-order chi connectivity index (χ1) is 29.7. The molecular weight excluding hydrogens is 597 g/mol. The topological polar surface area (TPSA) is 43.6 Å². The molecule has 0 spiro atoms. The normalized spacial score (nSPS) is 15.0. The van der Waals surface area contributed by atoms with E-state index in [0.717, 1.165) is 11.1 Å². The van der Waals surface area contributed by atoms with Crippen molar-refractivity contribution in [3.05, 3.63) is 182 Å². The number of nitrogens with zero attached hydrogens (tertiary/aromatic N) is 4. The van der Waals surface area contributed by atoms with E-state index in [0.29, 0.717) is 16.7 Å². The third-order valence-corrected chi connectivity index (χ3v) is 8.23. The lowest BCUT2D eigenvalue weighted by atomic mass is 9.92. The quantitative estimate of drug-likeness (QED) is 0.182. The van der Waals surface area contributed by atoms with E-state index in [1.807, 2.05) is 54.6 Å². The van der Waals surface area contributed by atoms with Crippen LogP contribution in [-0.4, -0.2) is 19.5 Å². The van der Waals surface area contributed by atoms with Gasteiger partial charge in [0.2, 0.25) is 0 Å². The molecule has 9 rings (SSSR count). The van der Waals surface area contributed by atoms with Crippen LogP contribution in [0.25, 0.3) is 83.9 Å². The maximum absolute atomic E-state index is 9.36. The predicted molar refractivity (Wildman–Crippen MR) is 201 cm³/mol. The van der Waals surface area contributed by atoms with E-state index in [-0.39, 0.29) is 56.1 Å². The average molecular weight is 640 g/mol. The molecule has 0 amide bonds. The average Bonchev–Trinajstić information content (AvgIpc) is 3.66. The van der Waals surface area contributed by atoms with Gasteiger partial charge >= 0.3 is 0 Å². The first-order valence-electron chi connectivity index (χ1n) is 21.9. The van der Waals surface area contributed by atoms with Crippen LogP contribution in [0.4, 0.5) is 0 Å². The Labute approximate surface area is 302 Å². The summed E-state index contributed by atoms with van der Waals surface area (Å²) in [5.74, 6) is -0.256.